The first kappa shape index (κ1) is 14.5. The van der Waals surface area contributed by atoms with Crippen LogP contribution in [0, 0.1) is 11.3 Å². The van der Waals surface area contributed by atoms with Crippen molar-refractivity contribution in [1.82, 2.24) is 0 Å². The van der Waals surface area contributed by atoms with Crippen molar-refractivity contribution in [3.05, 3.63) is 11.1 Å². The standard InChI is InChI=1S/C16H26O4/c1-10-4-5-12-15(2,3)13(10)14(18)11(17)6-7-16(12)19-8-9-20-16/h11-12,14,17-18H,4-9H2,1-3H3/t11-,12?,14-/m1/s1. The monoisotopic (exact) mass is 282 g/mol. The minimum Gasteiger partial charge on any atom is -0.390 e. The molecule has 0 aromatic heterocycles. The van der Waals surface area contributed by atoms with Gasteiger partial charge in [-0.1, -0.05) is 19.4 Å². The Kier molecular flexibility index (Phi) is 3.49. The fraction of sp³-hybridized carbons (Fsp3) is 0.875. The first-order valence-electron chi connectivity index (χ1n) is 7.72. The molecule has 3 rings (SSSR count). The van der Waals surface area contributed by atoms with Crippen molar-refractivity contribution in [3.8, 4) is 0 Å². The van der Waals surface area contributed by atoms with Crippen LogP contribution in [0.5, 0.6) is 0 Å². The molecule has 1 heterocycles. The largest absolute Gasteiger partial charge is 0.390 e. The zero-order valence-electron chi connectivity index (χ0n) is 12.7. The van der Waals surface area contributed by atoms with Crippen LogP contribution in [0.4, 0.5) is 0 Å². The predicted molar refractivity (Wildman–Crippen MR) is 75.1 cm³/mol. The molecule has 0 aromatic rings. The van der Waals surface area contributed by atoms with Gasteiger partial charge in [0.2, 0.25) is 0 Å². The van der Waals surface area contributed by atoms with Crippen molar-refractivity contribution < 1.29 is 19.7 Å². The molecule has 2 fully saturated rings. The molecule has 20 heavy (non-hydrogen) atoms. The van der Waals surface area contributed by atoms with Gasteiger partial charge in [0, 0.05) is 12.3 Å². The lowest BCUT2D eigenvalue weighted by Crippen LogP contribution is -2.54. The first-order valence-corrected chi connectivity index (χ1v) is 7.72. The lowest BCUT2D eigenvalue weighted by atomic mass is 9.58. The maximum absolute atomic E-state index is 10.5. The summed E-state index contributed by atoms with van der Waals surface area (Å²) in [6, 6.07) is 0. The summed E-state index contributed by atoms with van der Waals surface area (Å²) in [4.78, 5) is 0. The van der Waals surface area contributed by atoms with Gasteiger partial charge < -0.3 is 19.7 Å². The van der Waals surface area contributed by atoms with Crippen molar-refractivity contribution in [2.24, 2.45) is 11.3 Å². The van der Waals surface area contributed by atoms with E-state index in [1.165, 1.54) is 5.57 Å². The van der Waals surface area contributed by atoms with Gasteiger partial charge in [0.15, 0.2) is 5.79 Å². The van der Waals surface area contributed by atoms with Crippen molar-refractivity contribution in [1.29, 1.82) is 0 Å². The van der Waals surface area contributed by atoms with Gasteiger partial charge in [-0.25, -0.2) is 0 Å². The zero-order valence-corrected chi connectivity index (χ0v) is 12.7. The number of fused-ring (bicyclic) bond motifs is 3. The summed E-state index contributed by atoms with van der Waals surface area (Å²) in [7, 11) is 0. The van der Waals surface area contributed by atoms with E-state index < -0.39 is 18.0 Å². The van der Waals surface area contributed by atoms with Gasteiger partial charge in [-0.15, -0.1) is 0 Å². The Labute approximate surface area is 120 Å². The van der Waals surface area contributed by atoms with Gasteiger partial charge in [0.05, 0.1) is 19.3 Å². The molecular formula is C16H26O4. The second-order valence-electron chi connectivity index (χ2n) is 7.07. The number of ether oxygens (including phenoxy) is 2. The Hall–Kier alpha value is -0.420. The molecular weight excluding hydrogens is 256 g/mol. The van der Waals surface area contributed by atoms with Gasteiger partial charge in [-0.3, -0.25) is 0 Å². The molecule has 2 aliphatic carbocycles. The molecule has 0 aromatic carbocycles. The summed E-state index contributed by atoms with van der Waals surface area (Å²) in [6.07, 6.45) is 1.65. The van der Waals surface area contributed by atoms with E-state index in [-0.39, 0.29) is 11.3 Å². The highest BCUT2D eigenvalue weighted by atomic mass is 16.7. The Morgan fingerprint density at radius 3 is 2.40 bits per heavy atom. The zero-order chi connectivity index (χ0) is 14.5. The third-order valence-corrected chi connectivity index (χ3v) is 5.59. The fourth-order valence-electron chi connectivity index (χ4n) is 4.69. The normalized spacial score (nSPS) is 39.8. The second-order valence-corrected chi connectivity index (χ2v) is 7.07. The molecule has 3 aliphatic rings. The van der Waals surface area contributed by atoms with Crippen molar-refractivity contribution in [2.75, 3.05) is 13.2 Å². The maximum Gasteiger partial charge on any atom is 0.172 e. The Morgan fingerprint density at radius 2 is 1.75 bits per heavy atom. The Balaban J connectivity index is 2.09. The summed E-state index contributed by atoms with van der Waals surface area (Å²) >= 11 is 0. The van der Waals surface area contributed by atoms with Crippen LogP contribution in [0.15, 0.2) is 11.1 Å². The lowest BCUT2D eigenvalue weighted by molar-refractivity contribution is -0.233. The average Bonchev–Trinajstić information content (AvgIpc) is 2.83. The number of rotatable bonds is 0. The molecule has 0 radical (unpaired) electrons. The van der Waals surface area contributed by atoms with Gasteiger partial charge in [-0.2, -0.15) is 0 Å². The number of hydrogen-bond donors (Lipinski definition) is 2. The number of allylic oxidation sites excluding steroid dienone is 1. The molecule has 0 amide bonds. The smallest absolute Gasteiger partial charge is 0.172 e. The molecule has 3 atom stereocenters. The van der Waals surface area contributed by atoms with Crippen LogP contribution in [-0.2, 0) is 9.47 Å². The number of aliphatic hydroxyl groups is 2. The molecule has 2 N–H and O–H groups in total. The van der Waals surface area contributed by atoms with E-state index in [1.807, 2.05) is 0 Å². The molecule has 1 unspecified atom stereocenters. The minimum atomic E-state index is -0.758. The van der Waals surface area contributed by atoms with E-state index in [1.54, 1.807) is 0 Å². The van der Waals surface area contributed by atoms with E-state index in [2.05, 4.69) is 20.8 Å². The van der Waals surface area contributed by atoms with Crippen LogP contribution in [0.1, 0.15) is 46.5 Å². The van der Waals surface area contributed by atoms with Crippen LogP contribution in [0.25, 0.3) is 0 Å². The van der Waals surface area contributed by atoms with E-state index in [0.29, 0.717) is 26.1 Å². The average molecular weight is 282 g/mol. The lowest BCUT2D eigenvalue weighted by Gasteiger charge is -2.52. The predicted octanol–water partition coefficient (Wildman–Crippen LogP) is 2.00. The van der Waals surface area contributed by atoms with Crippen LogP contribution in [0.3, 0.4) is 0 Å². The van der Waals surface area contributed by atoms with Gasteiger partial charge in [0.1, 0.15) is 6.10 Å². The molecule has 114 valence electrons. The van der Waals surface area contributed by atoms with Crippen molar-refractivity contribution in [3.63, 3.8) is 0 Å². The van der Waals surface area contributed by atoms with E-state index in [9.17, 15) is 10.2 Å². The SMILES string of the molecule is CC1=C2[C@H](O)[C@H](O)CCC3(OCCO3)C(CC1)C2(C)C. The topological polar surface area (TPSA) is 58.9 Å². The van der Waals surface area contributed by atoms with Crippen LogP contribution < -0.4 is 0 Å². The van der Waals surface area contributed by atoms with Gasteiger partial charge in [-0.05, 0) is 37.2 Å². The van der Waals surface area contributed by atoms with Crippen LogP contribution in [0.2, 0.25) is 0 Å². The Morgan fingerprint density at radius 1 is 1.10 bits per heavy atom. The summed E-state index contributed by atoms with van der Waals surface area (Å²) in [5, 5.41) is 20.8. The minimum absolute atomic E-state index is 0.215. The third kappa shape index (κ3) is 1.97. The fourth-order valence-corrected chi connectivity index (χ4v) is 4.69. The van der Waals surface area contributed by atoms with E-state index in [4.69, 9.17) is 9.47 Å². The first-order chi connectivity index (χ1) is 9.38. The van der Waals surface area contributed by atoms with Crippen molar-refractivity contribution in [2.45, 2.75) is 64.4 Å². The third-order valence-electron chi connectivity index (χ3n) is 5.59. The van der Waals surface area contributed by atoms with Crippen LogP contribution in [-0.4, -0.2) is 41.4 Å². The molecule has 2 bridgehead atoms. The highest BCUT2D eigenvalue weighted by Gasteiger charge is 2.56. The quantitative estimate of drug-likeness (QED) is 0.667. The van der Waals surface area contributed by atoms with Gasteiger partial charge >= 0.3 is 0 Å². The second kappa shape index (κ2) is 4.80. The maximum atomic E-state index is 10.5. The molecule has 1 aliphatic heterocycles. The van der Waals surface area contributed by atoms with Gasteiger partial charge in [0.25, 0.3) is 0 Å². The highest BCUT2D eigenvalue weighted by Crippen LogP contribution is 2.55. The van der Waals surface area contributed by atoms with Crippen LogP contribution >= 0.6 is 0 Å². The summed E-state index contributed by atoms with van der Waals surface area (Å²) in [6.45, 7) is 7.65. The summed E-state index contributed by atoms with van der Waals surface area (Å²) in [5.41, 5.74) is 2.00. The van der Waals surface area contributed by atoms with Crippen molar-refractivity contribution >= 4 is 0 Å². The number of aliphatic hydroxyl groups excluding tert-OH is 2. The highest BCUT2D eigenvalue weighted by molar-refractivity contribution is 5.30. The molecule has 4 heteroatoms. The van der Waals surface area contributed by atoms with E-state index >= 15 is 0 Å². The Bertz CT molecular complexity index is 420. The molecule has 1 spiro atoms. The van der Waals surface area contributed by atoms with E-state index in [0.717, 1.165) is 18.4 Å². The molecule has 4 nitrogen and oxygen atoms in total. The summed E-state index contributed by atoms with van der Waals surface area (Å²) < 4.78 is 12.0. The number of hydrogen-bond acceptors (Lipinski definition) is 4. The molecule has 1 saturated carbocycles. The molecule has 1 saturated heterocycles. The summed E-state index contributed by atoms with van der Waals surface area (Å²) in [5.74, 6) is -0.338.